The van der Waals surface area contributed by atoms with Crippen molar-refractivity contribution in [2.45, 2.75) is 45.4 Å². The Kier molecular flexibility index (Phi) is 5.09. The summed E-state index contributed by atoms with van der Waals surface area (Å²) in [7, 11) is -3.31. The molecule has 120 valence electrons. The normalized spacial score (nSPS) is 12.7. The highest BCUT2D eigenvalue weighted by Gasteiger charge is 2.29. The zero-order valence-corrected chi connectivity index (χ0v) is 14.0. The number of aromatic nitrogens is 1. The van der Waals surface area contributed by atoms with Crippen molar-refractivity contribution in [3.63, 3.8) is 0 Å². The van der Waals surface area contributed by atoms with Gasteiger partial charge in [-0.15, -0.1) is 0 Å². The Bertz CT molecular complexity index is 609. The molecule has 0 fully saturated rings. The monoisotopic (exact) mass is 316 g/mol. The van der Waals surface area contributed by atoms with E-state index in [2.05, 4.69) is 0 Å². The molecule has 1 aromatic rings. The van der Waals surface area contributed by atoms with Gasteiger partial charge >= 0.3 is 5.97 Å². The van der Waals surface area contributed by atoms with Crippen LogP contribution in [-0.4, -0.2) is 36.1 Å². The fourth-order valence-electron chi connectivity index (χ4n) is 1.72. The van der Waals surface area contributed by atoms with Crippen LogP contribution in [0.1, 0.15) is 51.1 Å². The van der Waals surface area contributed by atoms with Gasteiger partial charge in [0.15, 0.2) is 9.84 Å². The minimum Gasteiger partial charge on any atom is -0.460 e. The van der Waals surface area contributed by atoms with E-state index in [9.17, 15) is 13.2 Å². The second kappa shape index (κ2) is 6.09. The average molecular weight is 316 g/mol. The number of nitrogens with zero attached hydrogens (tertiary/aromatic N) is 1. The third-order valence-electron chi connectivity index (χ3n) is 3.15. The number of hydrogen-bond donors (Lipinski definition) is 1. The summed E-state index contributed by atoms with van der Waals surface area (Å²) < 4.78 is 29.8. The first-order valence-corrected chi connectivity index (χ1v) is 8.47. The van der Waals surface area contributed by atoms with Gasteiger partial charge in [0.05, 0.1) is 16.2 Å². The highest BCUT2D eigenvalue weighted by atomic mass is 32.2. The topological polar surface area (TPSA) is 91.4 Å². The summed E-state index contributed by atoms with van der Waals surface area (Å²) in [5, 5.41) is 0. The number of ether oxygens (including phenoxy) is 1. The van der Waals surface area contributed by atoms with Crippen molar-refractivity contribution in [3.05, 3.63) is 18.0 Å². The molecule has 7 heteroatoms. The van der Waals surface area contributed by atoms with Crippen molar-refractivity contribution in [1.82, 2.24) is 4.57 Å². The van der Waals surface area contributed by atoms with Gasteiger partial charge in [-0.25, -0.2) is 13.2 Å². The highest BCUT2D eigenvalue weighted by Crippen LogP contribution is 2.18. The van der Waals surface area contributed by atoms with Crippen molar-refractivity contribution in [3.8, 4) is 0 Å². The number of esters is 1. The van der Waals surface area contributed by atoms with Crippen molar-refractivity contribution >= 4 is 21.5 Å². The van der Waals surface area contributed by atoms with Gasteiger partial charge in [-0.2, -0.15) is 0 Å². The molecule has 0 saturated heterocycles. The van der Waals surface area contributed by atoms with Crippen LogP contribution in [0, 0.1) is 0 Å². The van der Waals surface area contributed by atoms with Crippen LogP contribution in [0.25, 0.3) is 0 Å². The summed E-state index contributed by atoms with van der Waals surface area (Å²) in [6.07, 6.45) is 1.66. The van der Waals surface area contributed by atoms with Crippen LogP contribution < -0.4 is 5.73 Å². The number of rotatable bonds is 5. The van der Waals surface area contributed by atoms with E-state index >= 15 is 0 Å². The maximum absolute atomic E-state index is 12.0. The second-order valence-corrected chi connectivity index (χ2v) is 9.09. The van der Waals surface area contributed by atoms with Crippen LogP contribution in [0.4, 0.5) is 5.69 Å². The quantitative estimate of drug-likeness (QED) is 0.839. The van der Waals surface area contributed by atoms with Crippen LogP contribution in [0.15, 0.2) is 12.3 Å². The Morgan fingerprint density at radius 1 is 1.38 bits per heavy atom. The summed E-state index contributed by atoms with van der Waals surface area (Å²) in [5.74, 6) is -0.760. The molecule has 1 aromatic heterocycles. The number of hydrogen-bond acceptors (Lipinski definition) is 5. The number of nitrogen functional groups attached to an aromatic ring is 1. The molecule has 0 bridgehead atoms. The first-order valence-electron chi connectivity index (χ1n) is 6.82. The Hall–Kier alpha value is -1.50. The van der Waals surface area contributed by atoms with E-state index in [0.29, 0.717) is 11.4 Å². The molecule has 0 spiro atoms. The third-order valence-corrected chi connectivity index (χ3v) is 5.72. The molecule has 6 nitrogen and oxygen atoms in total. The summed E-state index contributed by atoms with van der Waals surface area (Å²) in [6.45, 7) is 8.53. The van der Waals surface area contributed by atoms with Gasteiger partial charge in [-0.05, 0) is 40.7 Å². The highest BCUT2D eigenvalue weighted by molar-refractivity contribution is 7.92. The molecule has 0 amide bonds. The van der Waals surface area contributed by atoms with E-state index in [1.54, 1.807) is 31.5 Å². The number of anilines is 1. The Balaban J connectivity index is 2.72. The first kappa shape index (κ1) is 17.6. The molecule has 1 heterocycles. The third kappa shape index (κ3) is 4.23. The predicted octanol–water partition coefficient (Wildman–Crippen LogP) is 2.02. The molecule has 0 atom stereocenters. The van der Waals surface area contributed by atoms with Crippen LogP contribution >= 0.6 is 0 Å². The van der Waals surface area contributed by atoms with Gasteiger partial charge in [-0.3, -0.25) is 0 Å². The fourth-order valence-corrected chi connectivity index (χ4v) is 2.63. The predicted molar refractivity (Wildman–Crippen MR) is 83.1 cm³/mol. The van der Waals surface area contributed by atoms with Gasteiger partial charge in [0.2, 0.25) is 0 Å². The molecule has 0 saturated carbocycles. The average Bonchev–Trinajstić information content (AvgIpc) is 2.69. The molecule has 0 aliphatic carbocycles. The lowest BCUT2D eigenvalue weighted by Gasteiger charge is -2.19. The number of nitrogens with two attached hydrogens (primary N) is 1. The zero-order chi connectivity index (χ0) is 16.4. The molecule has 0 radical (unpaired) electrons. The largest absolute Gasteiger partial charge is 0.460 e. The Morgan fingerprint density at radius 3 is 2.43 bits per heavy atom. The van der Waals surface area contributed by atoms with E-state index < -0.39 is 20.6 Å². The van der Waals surface area contributed by atoms with Gasteiger partial charge < -0.3 is 15.0 Å². The molecule has 0 unspecified atom stereocenters. The van der Waals surface area contributed by atoms with Crippen LogP contribution in [-0.2, 0) is 14.6 Å². The van der Waals surface area contributed by atoms with Gasteiger partial charge in [-0.1, -0.05) is 0 Å². The van der Waals surface area contributed by atoms with Gasteiger partial charge in [0.1, 0.15) is 12.3 Å². The fraction of sp³-hybridized carbons (Fsp3) is 0.643. The SMILES string of the molecule is CC(C)n1cc(N)cc1C(=O)OCCS(=O)(=O)C(C)(C)C. The Labute approximate surface area is 126 Å². The van der Waals surface area contributed by atoms with Crippen LogP contribution in [0.3, 0.4) is 0 Å². The smallest absolute Gasteiger partial charge is 0.355 e. The lowest BCUT2D eigenvalue weighted by molar-refractivity contribution is 0.0514. The zero-order valence-electron chi connectivity index (χ0n) is 13.2. The summed E-state index contributed by atoms with van der Waals surface area (Å²) in [5.41, 5.74) is 6.49. The molecule has 2 N–H and O–H groups in total. The van der Waals surface area contributed by atoms with E-state index in [4.69, 9.17) is 10.5 Å². The minimum atomic E-state index is -3.31. The number of carbonyl (C=O) groups is 1. The summed E-state index contributed by atoms with van der Waals surface area (Å²) in [4.78, 5) is 12.0. The lowest BCUT2D eigenvalue weighted by atomic mass is 10.3. The molecule has 1 rings (SSSR count). The lowest BCUT2D eigenvalue weighted by Crippen LogP contribution is -2.32. The molecule has 0 aliphatic heterocycles. The van der Waals surface area contributed by atoms with E-state index in [1.807, 2.05) is 13.8 Å². The number of carbonyl (C=O) groups excluding carboxylic acids is 1. The van der Waals surface area contributed by atoms with E-state index in [-0.39, 0.29) is 18.4 Å². The summed E-state index contributed by atoms with van der Waals surface area (Å²) in [6, 6.07) is 1.59. The summed E-state index contributed by atoms with van der Waals surface area (Å²) >= 11 is 0. The molecule has 0 aliphatic rings. The molecule has 21 heavy (non-hydrogen) atoms. The standard InChI is InChI=1S/C14H24N2O4S/c1-10(2)16-9-11(15)8-12(16)13(17)20-6-7-21(18,19)14(3,4)5/h8-10H,6-7,15H2,1-5H3. The van der Waals surface area contributed by atoms with Crippen molar-refractivity contribution in [2.75, 3.05) is 18.1 Å². The molecule has 0 aromatic carbocycles. The van der Waals surface area contributed by atoms with Crippen molar-refractivity contribution < 1.29 is 17.9 Å². The molecular weight excluding hydrogens is 292 g/mol. The molecular formula is C14H24N2O4S. The van der Waals surface area contributed by atoms with Crippen LogP contribution in [0.2, 0.25) is 0 Å². The van der Waals surface area contributed by atoms with E-state index in [0.717, 1.165) is 0 Å². The number of sulfone groups is 1. The van der Waals surface area contributed by atoms with Crippen molar-refractivity contribution in [2.24, 2.45) is 0 Å². The maximum Gasteiger partial charge on any atom is 0.355 e. The van der Waals surface area contributed by atoms with Gasteiger partial charge in [0.25, 0.3) is 0 Å². The van der Waals surface area contributed by atoms with Crippen LogP contribution in [0.5, 0.6) is 0 Å². The maximum atomic E-state index is 12.0. The van der Waals surface area contributed by atoms with Gasteiger partial charge in [0, 0.05) is 12.2 Å². The van der Waals surface area contributed by atoms with E-state index in [1.165, 1.54) is 6.07 Å². The Morgan fingerprint density at radius 2 is 1.95 bits per heavy atom. The van der Waals surface area contributed by atoms with Crippen molar-refractivity contribution in [1.29, 1.82) is 0 Å². The minimum absolute atomic E-state index is 0.0585. The second-order valence-electron chi connectivity index (χ2n) is 6.23. The first-order chi connectivity index (χ1) is 9.45.